The summed E-state index contributed by atoms with van der Waals surface area (Å²) in [7, 11) is 4.09. The van der Waals surface area contributed by atoms with Crippen LogP contribution in [0, 0.1) is 0 Å². The quantitative estimate of drug-likeness (QED) is 0.398. The number of benzene rings is 1. The number of rotatable bonds is 8. The van der Waals surface area contributed by atoms with Gasteiger partial charge in [0.1, 0.15) is 5.75 Å². The minimum absolute atomic E-state index is 0.831. The van der Waals surface area contributed by atoms with Gasteiger partial charge in [0.2, 0.25) is 0 Å². The van der Waals surface area contributed by atoms with Crippen LogP contribution in [0.25, 0.3) is 0 Å². The van der Waals surface area contributed by atoms with Gasteiger partial charge in [0, 0.05) is 25.8 Å². The van der Waals surface area contributed by atoms with Crippen molar-refractivity contribution in [2.75, 3.05) is 30.0 Å². The van der Waals surface area contributed by atoms with Crippen molar-refractivity contribution < 1.29 is 4.74 Å². The Bertz CT molecular complexity index is 315. The molecule has 0 fully saturated rings. The summed E-state index contributed by atoms with van der Waals surface area (Å²) in [5.41, 5.74) is 1.19. The molecule has 0 unspecified atom stereocenters. The number of hydrogen-bond acceptors (Lipinski definition) is 2. The van der Waals surface area contributed by atoms with Crippen molar-refractivity contribution in [3.63, 3.8) is 0 Å². The summed E-state index contributed by atoms with van der Waals surface area (Å²) in [6.45, 7) is 0.831. The predicted molar refractivity (Wildman–Crippen MR) is 83.6 cm³/mol. The average molecular weight is 347 g/mol. The summed E-state index contributed by atoms with van der Waals surface area (Å²) in [6, 6.07) is 8.25. The van der Waals surface area contributed by atoms with Crippen molar-refractivity contribution in [3.05, 3.63) is 24.3 Å². The Morgan fingerprint density at radius 2 is 1.88 bits per heavy atom. The van der Waals surface area contributed by atoms with Gasteiger partial charge in [-0.1, -0.05) is 41.5 Å². The third-order valence-electron chi connectivity index (χ3n) is 2.63. The molecule has 0 saturated carbocycles. The van der Waals surface area contributed by atoms with Crippen molar-refractivity contribution >= 4 is 28.3 Å². The van der Waals surface area contributed by atoms with Gasteiger partial charge in [-0.3, -0.25) is 0 Å². The summed E-state index contributed by atoms with van der Waals surface area (Å²) in [5, 5.41) is 0. The van der Waals surface area contributed by atoms with Crippen molar-refractivity contribution in [2.45, 2.75) is 25.7 Å². The maximum absolute atomic E-state index is 5.75. The fraction of sp³-hybridized carbons (Fsp3) is 0.571. The molecule has 17 heavy (non-hydrogen) atoms. The van der Waals surface area contributed by atoms with Gasteiger partial charge in [-0.2, -0.15) is 0 Å². The Kier molecular flexibility index (Phi) is 7.40. The van der Waals surface area contributed by atoms with Gasteiger partial charge in [0.15, 0.2) is 0 Å². The van der Waals surface area contributed by atoms with E-state index in [0.29, 0.717) is 0 Å². The van der Waals surface area contributed by atoms with E-state index in [-0.39, 0.29) is 0 Å². The summed E-state index contributed by atoms with van der Waals surface area (Å²) in [5.74, 6) is 0.977. The molecular weight excluding hydrogens is 325 g/mol. The van der Waals surface area contributed by atoms with E-state index in [0.717, 1.165) is 18.8 Å². The molecule has 1 aromatic rings. The monoisotopic (exact) mass is 347 g/mol. The maximum atomic E-state index is 5.75. The van der Waals surface area contributed by atoms with Crippen LogP contribution < -0.4 is 9.64 Å². The molecule has 0 amide bonds. The second kappa shape index (κ2) is 8.61. The Morgan fingerprint density at radius 1 is 1.12 bits per heavy atom. The molecule has 96 valence electrons. The van der Waals surface area contributed by atoms with E-state index in [1.165, 1.54) is 29.4 Å². The lowest BCUT2D eigenvalue weighted by atomic mass is 10.2. The zero-order chi connectivity index (χ0) is 12.5. The lowest BCUT2D eigenvalue weighted by Gasteiger charge is -2.14. The van der Waals surface area contributed by atoms with Crippen LogP contribution in [0.3, 0.4) is 0 Å². The molecule has 0 spiro atoms. The van der Waals surface area contributed by atoms with Crippen LogP contribution in [0.15, 0.2) is 24.3 Å². The smallest absolute Gasteiger partial charge is 0.121 e. The largest absolute Gasteiger partial charge is 0.494 e. The van der Waals surface area contributed by atoms with E-state index in [1.54, 1.807) is 0 Å². The third kappa shape index (κ3) is 6.15. The molecular formula is C14H22INO. The van der Waals surface area contributed by atoms with Crippen LogP contribution in [-0.2, 0) is 0 Å². The zero-order valence-electron chi connectivity index (χ0n) is 10.8. The molecule has 0 bridgehead atoms. The van der Waals surface area contributed by atoms with Crippen LogP contribution in [0.1, 0.15) is 25.7 Å². The fourth-order valence-electron chi connectivity index (χ4n) is 1.59. The van der Waals surface area contributed by atoms with Crippen LogP contribution in [0.2, 0.25) is 0 Å². The Morgan fingerprint density at radius 3 is 2.59 bits per heavy atom. The highest BCUT2D eigenvalue weighted by Gasteiger charge is 1.98. The van der Waals surface area contributed by atoms with Crippen LogP contribution >= 0.6 is 22.6 Å². The molecule has 0 atom stereocenters. The molecule has 1 rings (SSSR count). The van der Waals surface area contributed by atoms with E-state index in [9.17, 15) is 0 Å². The number of halogens is 1. The van der Waals surface area contributed by atoms with Gasteiger partial charge in [0.25, 0.3) is 0 Å². The lowest BCUT2D eigenvalue weighted by Crippen LogP contribution is -2.08. The van der Waals surface area contributed by atoms with Crippen molar-refractivity contribution in [1.29, 1.82) is 0 Å². The topological polar surface area (TPSA) is 12.5 Å². The molecule has 0 saturated heterocycles. The first-order valence-corrected chi connectivity index (χ1v) is 7.73. The fourth-order valence-corrected chi connectivity index (χ4v) is 2.13. The second-order valence-corrected chi connectivity index (χ2v) is 5.42. The second-order valence-electron chi connectivity index (χ2n) is 4.34. The van der Waals surface area contributed by atoms with Gasteiger partial charge in [-0.15, -0.1) is 0 Å². The van der Waals surface area contributed by atoms with E-state index in [4.69, 9.17) is 4.74 Å². The molecule has 0 radical (unpaired) electrons. The summed E-state index contributed by atoms with van der Waals surface area (Å²) < 4.78 is 7.02. The number of ether oxygens (including phenoxy) is 1. The SMILES string of the molecule is CN(C)c1cccc(OCCCCCCI)c1. The number of nitrogens with zero attached hydrogens (tertiary/aromatic N) is 1. The first-order chi connectivity index (χ1) is 8.24. The number of alkyl halides is 1. The number of unbranched alkanes of at least 4 members (excludes halogenated alkanes) is 3. The highest BCUT2D eigenvalue weighted by Crippen LogP contribution is 2.19. The molecule has 3 heteroatoms. The Balaban J connectivity index is 2.24. The first-order valence-electron chi connectivity index (χ1n) is 6.20. The maximum Gasteiger partial charge on any atom is 0.121 e. The molecule has 0 aliphatic carbocycles. The van der Waals surface area contributed by atoms with E-state index >= 15 is 0 Å². The van der Waals surface area contributed by atoms with E-state index < -0.39 is 0 Å². The minimum Gasteiger partial charge on any atom is -0.494 e. The molecule has 0 aliphatic rings. The molecule has 0 aromatic heterocycles. The van der Waals surface area contributed by atoms with E-state index in [2.05, 4.69) is 39.6 Å². The summed E-state index contributed by atoms with van der Waals surface area (Å²) in [4.78, 5) is 2.09. The Hall–Kier alpha value is -0.450. The molecule has 0 aliphatic heterocycles. The number of hydrogen-bond donors (Lipinski definition) is 0. The predicted octanol–water partition coefficient (Wildman–Crippen LogP) is 4.13. The van der Waals surface area contributed by atoms with Crippen LogP contribution in [-0.4, -0.2) is 25.1 Å². The number of anilines is 1. The lowest BCUT2D eigenvalue weighted by molar-refractivity contribution is 0.305. The zero-order valence-corrected chi connectivity index (χ0v) is 12.9. The molecule has 0 heterocycles. The van der Waals surface area contributed by atoms with Crippen LogP contribution in [0.5, 0.6) is 5.75 Å². The van der Waals surface area contributed by atoms with Gasteiger partial charge in [-0.25, -0.2) is 0 Å². The minimum atomic E-state index is 0.831. The first kappa shape index (κ1) is 14.6. The van der Waals surface area contributed by atoms with Gasteiger partial charge in [0.05, 0.1) is 6.61 Å². The normalized spacial score (nSPS) is 10.3. The van der Waals surface area contributed by atoms with Crippen molar-refractivity contribution in [2.24, 2.45) is 0 Å². The summed E-state index contributed by atoms with van der Waals surface area (Å²) in [6.07, 6.45) is 5.08. The van der Waals surface area contributed by atoms with Gasteiger partial charge < -0.3 is 9.64 Å². The molecule has 1 aromatic carbocycles. The summed E-state index contributed by atoms with van der Waals surface area (Å²) >= 11 is 2.43. The standard InChI is InChI=1S/C14H22INO/c1-16(2)13-8-7-9-14(12-13)17-11-6-4-3-5-10-15/h7-9,12H,3-6,10-11H2,1-2H3. The average Bonchev–Trinajstić information content (AvgIpc) is 2.34. The third-order valence-corrected chi connectivity index (χ3v) is 3.39. The molecule has 0 N–H and O–H groups in total. The molecule has 2 nitrogen and oxygen atoms in total. The highest BCUT2D eigenvalue weighted by molar-refractivity contribution is 14.1. The van der Waals surface area contributed by atoms with Crippen molar-refractivity contribution in [3.8, 4) is 5.75 Å². The van der Waals surface area contributed by atoms with Gasteiger partial charge >= 0.3 is 0 Å². The van der Waals surface area contributed by atoms with Gasteiger partial charge in [-0.05, 0) is 29.4 Å². The highest BCUT2D eigenvalue weighted by atomic mass is 127. The Labute approximate surface area is 118 Å². The van der Waals surface area contributed by atoms with E-state index in [1.807, 2.05) is 26.2 Å². The van der Waals surface area contributed by atoms with Crippen LogP contribution in [0.4, 0.5) is 5.69 Å². The van der Waals surface area contributed by atoms with Crippen molar-refractivity contribution in [1.82, 2.24) is 0 Å².